The molecule has 0 aromatic heterocycles. The van der Waals surface area contributed by atoms with E-state index < -0.39 is 22.9 Å². The van der Waals surface area contributed by atoms with Gasteiger partial charge in [-0.15, -0.1) is 0 Å². The number of benzene rings is 1. The third-order valence-electron chi connectivity index (χ3n) is 2.09. The highest BCUT2D eigenvalue weighted by molar-refractivity contribution is 9.10. The smallest absolute Gasteiger partial charge is 0.418 e. The minimum Gasteiger partial charge on any atom is -0.611 e. The maximum atomic E-state index is 12.9. The van der Waals surface area contributed by atoms with Gasteiger partial charge in [0.05, 0.1) is 5.56 Å². The Morgan fingerprint density at radius 3 is 2.50 bits per heavy atom. The van der Waals surface area contributed by atoms with Crippen LogP contribution in [0.2, 0.25) is 0 Å². The van der Waals surface area contributed by atoms with E-state index in [-0.39, 0.29) is 10.0 Å². The first-order valence-electron chi connectivity index (χ1n) is 4.72. The zero-order valence-electron chi connectivity index (χ0n) is 9.55. The zero-order chi connectivity index (χ0) is 13.9. The summed E-state index contributed by atoms with van der Waals surface area (Å²) < 4.78 is 50.5. The van der Waals surface area contributed by atoms with Crippen LogP contribution in [0.25, 0.3) is 6.08 Å². The molecule has 100 valence electrons. The van der Waals surface area contributed by atoms with Crippen LogP contribution in [0.15, 0.2) is 26.9 Å². The third-order valence-corrected chi connectivity index (χ3v) is 5.16. The molecule has 0 aliphatic carbocycles. The van der Waals surface area contributed by atoms with Gasteiger partial charge < -0.3 is 4.55 Å². The van der Waals surface area contributed by atoms with Crippen LogP contribution >= 0.6 is 27.7 Å². The van der Waals surface area contributed by atoms with Crippen LogP contribution < -0.4 is 0 Å². The van der Waals surface area contributed by atoms with Gasteiger partial charge in [-0.2, -0.15) is 13.2 Å². The maximum absolute atomic E-state index is 12.9. The van der Waals surface area contributed by atoms with Gasteiger partial charge in [0.15, 0.2) is 4.24 Å². The molecule has 0 spiro atoms. The quantitative estimate of drug-likeness (QED) is 0.742. The Bertz CT molecular complexity index is 458. The van der Waals surface area contributed by atoms with Crippen molar-refractivity contribution in [3.8, 4) is 0 Å². The largest absolute Gasteiger partial charge is 0.611 e. The van der Waals surface area contributed by atoms with Crippen LogP contribution in [0.4, 0.5) is 13.2 Å². The van der Waals surface area contributed by atoms with E-state index in [1.165, 1.54) is 42.3 Å². The van der Waals surface area contributed by atoms with Crippen molar-refractivity contribution in [3.63, 3.8) is 0 Å². The monoisotopic (exact) mass is 358 g/mol. The summed E-state index contributed by atoms with van der Waals surface area (Å²) in [5.74, 6) is 0. The highest BCUT2D eigenvalue weighted by Crippen LogP contribution is 2.38. The summed E-state index contributed by atoms with van der Waals surface area (Å²) in [6.07, 6.45) is -0.0227. The summed E-state index contributed by atoms with van der Waals surface area (Å²) in [4.78, 5) is 0. The lowest BCUT2D eigenvalue weighted by atomic mass is 10.1. The van der Waals surface area contributed by atoms with E-state index in [0.29, 0.717) is 4.24 Å². The topological polar surface area (TPSA) is 23.1 Å². The van der Waals surface area contributed by atoms with Crippen molar-refractivity contribution in [2.75, 3.05) is 12.5 Å². The molecular weight excluding hydrogens is 349 g/mol. The fourth-order valence-corrected chi connectivity index (χ4v) is 3.43. The second kappa shape index (κ2) is 6.36. The first-order valence-corrected chi connectivity index (χ1v) is 8.29. The molecule has 0 fully saturated rings. The van der Waals surface area contributed by atoms with Crippen LogP contribution in [0.3, 0.4) is 0 Å². The fourth-order valence-electron chi connectivity index (χ4n) is 1.35. The Morgan fingerprint density at radius 2 is 2.06 bits per heavy atom. The molecule has 1 atom stereocenters. The lowest BCUT2D eigenvalue weighted by Gasteiger charge is -2.13. The number of hydrogen-bond donors (Lipinski definition) is 0. The highest BCUT2D eigenvalue weighted by Gasteiger charge is 2.35. The van der Waals surface area contributed by atoms with E-state index in [1.54, 1.807) is 6.26 Å². The molecule has 0 saturated heterocycles. The summed E-state index contributed by atoms with van der Waals surface area (Å²) in [5.41, 5.74) is -0.738. The van der Waals surface area contributed by atoms with Gasteiger partial charge in [-0.25, -0.2) is 0 Å². The number of halogens is 4. The molecule has 1 aromatic carbocycles. The molecule has 0 heterocycles. The van der Waals surface area contributed by atoms with E-state index in [4.69, 9.17) is 0 Å². The summed E-state index contributed by atoms with van der Waals surface area (Å²) in [6.45, 7) is 0. The molecule has 1 rings (SSSR count). The normalized spacial score (nSPS) is 14.7. The predicted octanol–water partition coefficient (Wildman–Crippen LogP) is 4.51. The minimum atomic E-state index is -4.45. The molecule has 0 bridgehead atoms. The molecule has 0 aliphatic rings. The van der Waals surface area contributed by atoms with Crippen LogP contribution in [0.5, 0.6) is 0 Å². The first-order chi connectivity index (χ1) is 8.27. The van der Waals surface area contributed by atoms with Crippen molar-refractivity contribution in [3.05, 3.63) is 38.0 Å². The summed E-state index contributed by atoms with van der Waals surface area (Å²) >= 11 is 2.77. The van der Waals surface area contributed by atoms with Gasteiger partial charge in [-0.3, -0.25) is 0 Å². The average molecular weight is 359 g/mol. The van der Waals surface area contributed by atoms with Crippen molar-refractivity contribution >= 4 is 44.9 Å². The molecular formula is C11H10BrF3OS2. The van der Waals surface area contributed by atoms with E-state index in [0.717, 1.165) is 0 Å². The average Bonchev–Trinajstić information content (AvgIpc) is 2.23. The van der Waals surface area contributed by atoms with Gasteiger partial charge in [0, 0.05) is 10.5 Å². The van der Waals surface area contributed by atoms with E-state index in [9.17, 15) is 17.7 Å². The molecule has 0 N–H and O–H groups in total. The van der Waals surface area contributed by atoms with Gasteiger partial charge in [0.2, 0.25) is 0 Å². The predicted molar refractivity (Wildman–Crippen MR) is 74.7 cm³/mol. The van der Waals surface area contributed by atoms with Crippen LogP contribution in [0.1, 0.15) is 11.1 Å². The second-order valence-corrected chi connectivity index (χ2v) is 6.63. The Morgan fingerprint density at radius 1 is 1.44 bits per heavy atom. The first kappa shape index (κ1) is 15.9. The van der Waals surface area contributed by atoms with Crippen LogP contribution in [-0.4, -0.2) is 17.1 Å². The lowest BCUT2D eigenvalue weighted by molar-refractivity contribution is -0.138. The highest BCUT2D eigenvalue weighted by atomic mass is 79.9. The van der Waals surface area contributed by atoms with Crippen LogP contribution in [-0.2, 0) is 17.4 Å². The second-order valence-electron chi connectivity index (χ2n) is 3.32. The standard InChI is InChI=1S/C11H10BrF3OS2/c1-17-9(18(2)16)6-7-4-3-5-8(12)10(7)11(13,14)15/h3-6H,1-2H3/b9-6+. The molecule has 7 heteroatoms. The van der Waals surface area contributed by atoms with Crippen LogP contribution in [0, 0.1) is 0 Å². The lowest BCUT2D eigenvalue weighted by Crippen LogP contribution is -2.09. The van der Waals surface area contributed by atoms with Crippen molar-refractivity contribution in [1.82, 2.24) is 0 Å². The number of alkyl halides is 3. The van der Waals surface area contributed by atoms with E-state index in [2.05, 4.69) is 15.9 Å². The Kier molecular flexibility index (Phi) is 5.64. The van der Waals surface area contributed by atoms with Crippen molar-refractivity contribution in [1.29, 1.82) is 0 Å². The summed E-state index contributed by atoms with van der Waals surface area (Å²) in [7, 11) is 0. The van der Waals surface area contributed by atoms with Crippen molar-refractivity contribution in [2.45, 2.75) is 6.18 Å². The summed E-state index contributed by atoms with van der Waals surface area (Å²) in [6, 6.07) is 4.21. The van der Waals surface area contributed by atoms with E-state index >= 15 is 0 Å². The van der Waals surface area contributed by atoms with Crippen molar-refractivity contribution < 1.29 is 17.7 Å². The molecule has 0 radical (unpaired) electrons. The Labute approximate surface area is 119 Å². The molecule has 1 unspecified atom stereocenters. The van der Waals surface area contributed by atoms with Gasteiger partial charge in [-0.05, 0) is 29.1 Å². The van der Waals surface area contributed by atoms with Gasteiger partial charge in [0.25, 0.3) is 0 Å². The molecule has 1 nitrogen and oxygen atoms in total. The van der Waals surface area contributed by atoms with E-state index in [1.807, 2.05) is 0 Å². The van der Waals surface area contributed by atoms with Gasteiger partial charge in [-0.1, -0.05) is 39.8 Å². The Hall–Kier alpha value is -0.110. The number of hydrogen-bond acceptors (Lipinski definition) is 2. The maximum Gasteiger partial charge on any atom is 0.418 e. The molecule has 0 aliphatic heterocycles. The van der Waals surface area contributed by atoms with Crippen molar-refractivity contribution in [2.24, 2.45) is 0 Å². The SMILES string of the molecule is CS/C(=C\c1cccc(Br)c1C(F)(F)F)[S+](C)[O-]. The number of thioether (sulfide) groups is 1. The molecule has 0 saturated carbocycles. The summed E-state index contributed by atoms with van der Waals surface area (Å²) in [5, 5.41) is 0. The minimum absolute atomic E-state index is 0.0106. The zero-order valence-corrected chi connectivity index (χ0v) is 12.8. The number of rotatable bonds is 3. The third kappa shape index (κ3) is 3.94. The fraction of sp³-hybridized carbons (Fsp3) is 0.273. The van der Waals surface area contributed by atoms with Gasteiger partial charge in [0.1, 0.15) is 6.26 Å². The Balaban J connectivity index is 3.38. The van der Waals surface area contributed by atoms with Gasteiger partial charge >= 0.3 is 6.18 Å². The molecule has 1 aromatic rings. The molecule has 18 heavy (non-hydrogen) atoms. The molecule has 0 amide bonds.